The fourth-order valence-electron chi connectivity index (χ4n) is 2.78. The van der Waals surface area contributed by atoms with Crippen LogP contribution < -0.4 is 10.6 Å². The summed E-state index contributed by atoms with van der Waals surface area (Å²) in [5.41, 5.74) is 2.29. The number of carbonyl (C=O) groups excluding carboxylic acids is 2. The van der Waals surface area contributed by atoms with E-state index < -0.39 is 0 Å². The summed E-state index contributed by atoms with van der Waals surface area (Å²) in [4.78, 5) is 33.6. The number of aryl methyl sites for hydroxylation is 2. The maximum Gasteiger partial charge on any atom is 0.258 e. The number of pyridine rings is 1. The van der Waals surface area contributed by atoms with Crippen LogP contribution in [0.3, 0.4) is 0 Å². The molecule has 0 unspecified atom stereocenters. The standard InChI is InChI=1S/C19H18N8O2S/c1-26-11-21-25-19(26)30-10-15(28)22-13-6-3-5-12(9-13)17(29)24-18-23-14-7-4-8-20-16(14)27(18)2/h3-9,11H,10H2,1-2H3,(H,22,28)(H,23,24,29). The summed E-state index contributed by atoms with van der Waals surface area (Å²) in [6.07, 6.45) is 3.24. The lowest BCUT2D eigenvalue weighted by molar-refractivity contribution is -0.113. The summed E-state index contributed by atoms with van der Waals surface area (Å²) in [6, 6.07) is 10.3. The van der Waals surface area contributed by atoms with Crippen LogP contribution in [0.4, 0.5) is 11.6 Å². The van der Waals surface area contributed by atoms with Gasteiger partial charge in [0.15, 0.2) is 10.8 Å². The van der Waals surface area contributed by atoms with Crippen molar-refractivity contribution in [2.24, 2.45) is 14.1 Å². The van der Waals surface area contributed by atoms with Crippen LogP contribution in [-0.2, 0) is 18.9 Å². The number of fused-ring (bicyclic) bond motifs is 1. The van der Waals surface area contributed by atoms with Gasteiger partial charge in [0.2, 0.25) is 11.9 Å². The molecule has 152 valence electrons. The van der Waals surface area contributed by atoms with E-state index >= 15 is 0 Å². The van der Waals surface area contributed by atoms with Crippen LogP contribution in [0, 0.1) is 0 Å². The number of carbonyl (C=O) groups is 2. The predicted octanol–water partition coefficient (Wildman–Crippen LogP) is 2.08. The van der Waals surface area contributed by atoms with Crippen molar-refractivity contribution in [3.8, 4) is 0 Å². The number of imidazole rings is 1. The van der Waals surface area contributed by atoms with E-state index in [1.807, 2.05) is 13.1 Å². The highest BCUT2D eigenvalue weighted by atomic mass is 32.2. The third-order valence-electron chi connectivity index (χ3n) is 4.26. The Bertz CT molecular complexity index is 1230. The third-order valence-corrected chi connectivity index (χ3v) is 5.30. The van der Waals surface area contributed by atoms with Crippen LogP contribution >= 0.6 is 11.8 Å². The molecular formula is C19H18N8O2S. The number of hydrogen-bond acceptors (Lipinski definition) is 7. The quantitative estimate of drug-likeness (QED) is 0.457. The van der Waals surface area contributed by atoms with E-state index in [4.69, 9.17) is 0 Å². The number of anilines is 2. The molecule has 0 saturated heterocycles. The van der Waals surface area contributed by atoms with Gasteiger partial charge in [-0.2, -0.15) is 0 Å². The second-order valence-corrected chi connectivity index (χ2v) is 7.38. The Balaban J connectivity index is 1.42. The molecule has 1 aromatic carbocycles. The predicted molar refractivity (Wildman–Crippen MR) is 113 cm³/mol. The molecule has 4 rings (SSSR count). The molecule has 0 radical (unpaired) electrons. The van der Waals surface area contributed by atoms with Gasteiger partial charge >= 0.3 is 0 Å². The van der Waals surface area contributed by atoms with Crippen LogP contribution in [0.1, 0.15) is 10.4 Å². The molecular weight excluding hydrogens is 404 g/mol. The summed E-state index contributed by atoms with van der Waals surface area (Å²) >= 11 is 1.28. The van der Waals surface area contributed by atoms with E-state index in [0.29, 0.717) is 33.5 Å². The van der Waals surface area contributed by atoms with E-state index in [-0.39, 0.29) is 17.6 Å². The van der Waals surface area contributed by atoms with Crippen molar-refractivity contribution >= 4 is 46.4 Å². The summed E-state index contributed by atoms with van der Waals surface area (Å²) in [6.45, 7) is 0. The Hall–Kier alpha value is -3.73. The molecule has 0 fully saturated rings. The van der Waals surface area contributed by atoms with Gasteiger partial charge in [-0.15, -0.1) is 10.2 Å². The Labute approximate surface area is 175 Å². The van der Waals surface area contributed by atoms with Crippen molar-refractivity contribution < 1.29 is 9.59 Å². The highest BCUT2D eigenvalue weighted by molar-refractivity contribution is 7.99. The van der Waals surface area contributed by atoms with E-state index in [1.165, 1.54) is 11.8 Å². The number of benzene rings is 1. The van der Waals surface area contributed by atoms with E-state index in [1.54, 1.807) is 59.0 Å². The first kappa shape index (κ1) is 19.6. The zero-order chi connectivity index (χ0) is 21.1. The molecule has 0 atom stereocenters. The molecule has 3 aromatic heterocycles. The molecule has 0 aliphatic rings. The van der Waals surface area contributed by atoms with Crippen molar-refractivity contribution in [1.29, 1.82) is 0 Å². The second kappa shape index (κ2) is 8.33. The lowest BCUT2D eigenvalue weighted by Crippen LogP contribution is -2.17. The van der Waals surface area contributed by atoms with Gasteiger partial charge in [-0.05, 0) is 30.3 Å². The first-order valence-electron chi connectivity index (χ1n) is 8.97. The smallest absolute Gasteiger partial charge is 0.258 e. The maximum absolute atomic E-state index is 12.7. The summed E-state index contributed by atoms with van der Waals surface area (Å²) in [7, 11) is 3.59. The number of nitrogens with zero attached hydrogens (tertiary/aromatic N) is 6. The Kier molecular flexibility index (Phi) is 5.44. The average Bonchev–Trinajstić information content (AvgIpc) is 3.29. The fraction of sp³-hybridized carbons (Fsp3) is 0.158. The van der Waals surface area contributed by atoms with Gasteiger partial charge in [-0.3, -0.25) is 19.5 Å². The molecule has 0 bridgehead atoms. The van der Waals surface area contributed by atoms with Gasteiger partial charge in [-0.25, -0.2) is 9.97 Å². The minimum atomic E-state index is -0.335. The highest BCUT2D eigenvalue weighted by Crippen LogP contribution is 2.18. The third kappa shape index (κ3) is 4.15. The topological polar surface area (TPSA) is 120 Å². The largest absolute Gasteiger partial charge is 0.325 e. The molecule has 0 aliphatic carbocycles. The Morgan fingerprint density at radius 2 is 2.00 bits per heavy atom. The number of nitrogens with one attached hydrogen (secondary N) is 2. The van der Waals surface area contributed by atoms with Crippen molar-refractivity contribution in [2.75, 3.05) is 16.4 Å². The number of aromatic nitrogens is 6. The molecule has 0 aliphatic heterocycles. The molecule has 4 aromatic rings. The van der Waals surface area contributed by atoms with Crippen LogP contribution in [0.2, 0.25) is 0 Å². The Morgan fingerprint density at radius 3 is 2.77 bits per heavy atom. The molecule has 2 amide bonds. The summed E-state index contributed by atoms with van der Waals surface area (Å²) in [5.74, 6) is 0.0266. The van der Waals surface area contributed by atoms with Crippen LogP contribution in [0.15, 0.2) is 54.1 Å². The Morgan fingerprint density at radius 1 is 1.13 bits per heavy atom. The molecule has 10 nitrogen and oxygen atoms in total. The van der Waals surface area contributed by atoms with Crippen LogP contribution in [-0.4, -0.2) is 46.9 Å². The SMILES string of the molecule is Cn1cnnc1SCC(=O)Nc1cccc(C(=O)Nc2nc3cccnc3n2C)c1. The van der Waals surface area contributed by atoms with E-state index in [2.05, 4.69) is 30.8 Å². The zero-order valence-corrected chi connectivity index (χ0v) is 17.1. The number of hydrogen-bond donors (Lipinski definition) is 2. The van der Waals surface area contributed by atoms with Gasteiger partial charge in [0.1, 0.15) is 11.8 Å². The fourth-order valence-corrected chi connectivity index (χ4v) is 3.47. The normalized spacial score (nSPS) is 10.9. The van der Waals surface area contributed by atoms with Gasteiger partial charge in [0.05, 0.1) is 5.75 Å². The summed E-state index contributed by atoms with van der Waals surface area (Å²) in [5, 5.41) is 13.9. The van der Waals surface area contributed by atoms with Gasteiger partial charge < -0.3 is 9.88 Å². The van der Waals surface area contributed by atoms with E-state index in [0.717, 1.165) is 0 Å². The van der Waals surface area contributed by atoms with Crippen molar-refractivity contribution in [3.63, 3.8) is 0 Å². The van der Waals surface area contributed by atoms with Crippen LogP contribution in [0.5, 0.6) is 0 Å². The minimum Gasteiger partial charge on any atom is -0.325 e. The van der Waals surface area contributed by atoms with Crippen molar-refractivity contribution in [2.45, 2.75) is 5.16 Å². The molecule has 0 spiro atoms. The molecule has 0 saturated carbocycles. The number of rotatable bonds is 6. The lowest BCUT2D eigenvalue weighted by Gasteiger charge is -2.08. The van der Waals surface area contributed by atoms with Gasteiger partial charge in [0, 0.05) is 31.5 Å². The monoisotopic (exact) mass is 422 g/mol. The van der Waals surface area contributed by atoms with Crippen LogP contribution in [0.25, 0.3) is 11.2 Å². The van der Waals surface area contributed by atoms with Gasteiger partial charge in [-0.1, -0.05) is 17.8 Å². The lowest BCUT2D eigenvalue weighted by atomic mass is 10.2. The number of amides is 2. The maximum atomic E-state index is 12.7. The minimum absolute atomic E-state index is 0.176. The molecule has 2 N–H and O–H groups in total. The highest BCUT2D eigenvalue weighted by Gasteiger charge is 2.14. The first-order valence-corrected chi connectivity index (χ1v) is 9.95. The molecule has 30 heavy (non-hydrogen) atoms. The van der Waals surface area contributed by atoms with E-state index in [9.17, 15) is 9.59 Å². The molecule has 3 heterocycles. The first-order chi connectivity index (χ1) is 14.5. The molecule has 11 heteroatoms. The second-order valence-electron chi connectivity index (χ2n) is 6.44. The van der Waals surface area contributed by atoms with Crippen molar-refractivity contribution in [1.82, 2.24) is 29.3 Å². The van der Waals surface area contributed by atoms with Gasteiger partial charge in [0.25, 0.3) is 5.91 Å². The number of thioether (sulfide) groups is 1. The average molecular weight is 422 g/mol. The summed E-state index contributed by atoms with van der Waals surface area (Å²) < 4.78 is 3.45. The zero-order valence-electron chi connectivity index (χ0n) is 16.2. The van der Waals surface area contributed by atoms with Crippen molar-refractivity contribution in [3.05, 3.63) is 54.5 Å².